The zero-order valence-electron chi connectivity index (χ0n) is 18.5. The summed E-state index contributed by atoms with van der Waals surface area (Å²) in [6.45, 7) is 1.86. The van der Waals surface area contributed by atoms with Crippen molar-refractivity contribution in [2.45, 2.75) is 43.7 Å². The van der Waals surface area contributed by atoms with Gasteiger partial charge in [-0.05, 0) is 67.1 Å². The molecule has 0 saturated heterocycles. The van der Waals surface area contributed by atoms with Crippen molar-refractivity contribution in [3.8, 4) is 0 Å². The van der Waals surface area contributed by atoms with Gasteiger partial charge in [0.25, 0.3) is 0 Å². The van der Waals surface area contributed by atoms with Gasteiger partial charge in [0.15, 0.2) is 0 Å². The third-order valence-corrected chi connectivity index (χ3v) is 8.29. The average Bonchev–Trinajstić information content (AvgIpc) is 2.80. The minimum atomic E-state index is -3.87. The smallest absolute Gasteiger partial charge is 0.243 e. The molecule has 1 aliphatic rings. The number of aryl methyl sites for hydroxylation is 2. The molecule has 7 heteroatoms. The molecule has 3 aromatic rings. The van der Waals surface area contributed by atoms with Crippen LogP contribution in [0.4, 0.5) is 0 Å². The Labute approximate surface area is 204 Å². The Morgan fingerprint density at radius 3 is 2.45 bits per heavy atom. The number of carbonyl (C=O) groups is 1. The van der Waals surface area contributed by atoms with Crippen LogP contribution in [0.25, 0.3) is 0 Å². The molecule has 0 radical (unpaired) electrons. The standard InChI is InChI=1S/C26H27BrN2O3S/c1-19-9-11-20(12-10-19)17-29(33(31,32)23-15-13-22(27)14-16-23)18-26(30)28-25-8-4-6-21-5-2-3-7-24(21)25/h2-3,5,7,9-16,25H,4,6,8,17-18H2,1H3,(H,28,30)/t25-/m0/s1. The quantitative estimate of drug-likeness (QED) is 0.463. The lowest BCUT2D eigenvalue weighted by Crippen LogP contribution is -2.42. The minimum Gasteiger partial charge on any atom is -0.348 e. The van der Waals surface area contributed by atoms with Crippen molar-refractivity contribution in [3.63, 3.8) is 0 Å². The average molecular weight is 527 g/mol. The van der Waals surface area contributed by atoms with Gasteiger partial charge in [0, 0.05) is 11.0 Å². The fourth-order valence-corrected chi connectivity index (χ4v) is 5.83. The van der Waals surface area contributed by atoms with Gasteiger partial charge in [0.1, 0.15) is 0 Å². The second kappa shape index (κ2) is 10.2. The van der Waals surface area contributed by atoms with E-state index in [0.717, 1.165) is 40.4 Å². The van der Waals surface area contributed by atoms with E-state index in [1.165, 1.54) is 9.87 Å². The maximum absolute atomic E-state index is 13.5. The molecular weight excluding hydrogens is 500 g/mol. The molecule has 172 valence electrons. The number of amides is 1. The topological polar surface area (TPSA) is 66.5 Å². The molecule has 0 spiro atoms. The lowest BCUT2D eigenvalue weighted by atomic mass is 9.88. The van der Waals surface area contributed by atoms with Gasteiger partial charge in [-0.1, -0.05) is 70.0 Å². The van der Waals surface area contributed by atoms with Crippen LogP contribution in [-0.4, -0.2) is 25.2 Å². The van der Waals surface area contributed by atoms with E-state index < -0.39 is 10.0 Å². The predicted molar refractivity (Wildman–Crippen MR) is 133 cm³/mol. The Kier molecular flexibility index (Phi) is 7.32. The first-order chi connectivity index (χ1) is 15.8. The third-order valence-electron chi connectivity index (χ3n) is 5.96. The van der Waals surface area contributed by atoms with Crippen molar-refractivity contribution in [1.29, 1.82) is 0 Å². The molecule has 33 heavy (non-hydrogen) atoms. The Morgan fingerprint density at radius 2 is 1.73 bits per heavy atom. The molecule has 1 aliphatic carbocycles. The highest BCUT2D eigenvalue weighted by Gasteiger charge is 2.29. The van der Waals surface area contributed by atoms with Crippen molar-refractivity contribution < 1.29 is 13.2 Å². The van der Waals surface area contributed by atoms with Gasteiger partial charge in [-0.15, -0.1) is 0 Å². The second-order valence-corrected chi connectivity index (χ2v) is 11.3. The monoisotopic (exact) mass is 526 g/mol. The van der Waals surface area contributed by atoms with Gasteiger partial charge >= 0.3 is 0 Å². The van der Waals surface area contributed by atoms with Crippen LogP contribution in [0.2, 0.25) is 0 Å². The maximum Gasteiger partial charge on any atom is 0.243 e. The number of rotatable bonds is 7. The Hall–Kier alpha value is -2.48. The number of sulfonamides is 1. The zero-order valence-corrected chi connectivity index (χ0v) is 20.9. The van der Waals surface area contributed by atoms with Gasteiger partial charge < -0.3 is 5.32 Å². The van der Waals surface area contributed by atoms with E-state index in [2.05, 4.69) is 27.3 Å². The lowest BCUT2D eigenvalue weighted by Gasteiger charge is -2.28. The fourth-order valence-electron chi connectivity index (χ4n) is 4.18. The highest BCUT2D eigenvalue weighted by molar-refractivity contribution is 9.10. The molecule has 4 rings (SSSR count). The summed E-state index contributed by atoms with van der Waals surface area (Å²) < 4.78 is 29.0. The molecule has 5 nitrogen and oxygen atoms in total. The summed E-state index contributed by atoms with van der Waals surface area (Å²) in [6, 6.07) is 22.2. The van der Waals surface area contributed by atoms with Crippen LogP contribution in [0, 0.1) is 6.92 Å². The summed E-state index contributed by atoms with van der Waals surface area (Å²) >= 11 is 3.35. The summed E-state index contributed by atoms with van der Waals surface area (Å²) in [4.78, 5) is 13.2. The van der Waals surface area contributed by atoms with Crippen LogP contribution >= 0.6 is 15.9 Å². The highest BCUT2D eigenvalue weighted by Crippen LogP contribution is 2.29. The summed E-state index contributed by atoms with van der Waals surface area (Å²) in [6.07, 6.45) is 2.84. The summed E-state index contributed by atoms with van der Waals surface area (Å²) in [5.74, 6) is -0.301. The number of hydrogen-bond acceptors (Lipinski definition) is 3. The van der Waals surface area contributed by atoms with Gasteiger partial charge in [0.2, 0.25) is 15.9 Å². The van der Waals surface area contributed by atoms with Crippen molar-refractivity contribution in [3.05, 3.63) is 99.5 Å². The molecule has 0 unspecified atom stereocenters. The van der Waals surface area contributed by atoms with E-state index in [9.17, 15) is 13.2 Å². The molecular formula is C26H27BrN2O3S. The third kappa shape index (κ3) is 5.72. The highest BCUT2D eigenvalue weighted by atomic mass is 79.9. The second-order valence-electron chi connectivity index (χ2n) is 8.42. The molecule has 0 heterocycles. The van der Waals surface area contributed by atoms with Crippen LogP contribution in [0.3, 0.4) is 0 Å². The number of nitrogens with one attached hydrogen (secondary N) is 1. The first kappa shape index (κ1) is 23.7. The zero-order chi connectivity index (χ0) is 23.4. The van der Waals surface area contributed by atoms with Crippen LogP contribution in [0.15, 0.2) is 82.2 Å². The number of carbonyl (C=O) groups excluding carboxylic acids is 1. The molecule has 0 aromatic heterocycles. The van der Waals surface area contributed by atoms with Gasteiger partial charge in [-0.2, -0.15) is 4.31 Å². The van der Waals surface area contributed by atoms with Crippen molar-refractivity contribution in [1.82, 2.24) is 9.62 Å². The van der Waals surface area contributed by atoms with Crippen molar-refractivity contribution >= 4 is 31.9 Å². The molecule has 0 bridgehead atoms. The van der Waals surface area contributed by atoms with Crippen LogP contribution in [0.5, 0.6) is 0 Å². The summed E-state index contributed by atoms with van der Waals surface area (Å²) in [7, 11) is -3.87. The number of hydrogen-bond donors (Lipinski definition) is 1. The van der Waals surface area contributed by atoms with Gasteiger partial charge in [-0.3, -0.25) is 4.79 Å². The minimum absolute atomic E-state index is 0.0981. The molecule has 0 fully saturated rings. The Morgan fingerprint density at radius 1 is 1.03 bits per heavy atom. The van der Waals surface area contributed by atoms with E-state index in [-0.39, 0.29) is 29.9 Å². The number of nitrogens with zero attached hydrogens (tertiary/aromatic N) is 1. The molecule has 0 aliphatic heterocycles. The van der Waals surface area contributed by atoms with Crippen LogP contribution in [-0.2, 0) is 27.8 Å². The molecule has 1 atom stereocenters. The maximum atomic E-state index is 13.5. The first-order valence-corrected chi connectivity index (χ1v) is 13.2. The van der Waals surface area contributed by atoms with E-state index in [1.807, 2.05) is 49.4 Å². The van der Waals surface area contributed by atoms with Crippen molar-refractivity contribution in [2.24, 2.45) is 0 Å². The first-order valence-electron chi connectivity index (χ1n) is 11.0. The fraction of sp³-hybridized carbons (Fsp3) is 0.269. The number of halogens is 1. The van der Waals surface area contributed by atoms with Crippen molar-refractivity contribution in [2.75, 3.05) is 6.54 Å². The largest absolute Gasteiger partial charge is 0.348 e. The summed E-state index contributed by atoms with van der Waals surface area (Å²) in [5.41, 5.74) is 4.29. The van der Waals surface area contributed by atoms with Crippen LogP contribution < -0.4 is 5.32 Å². The molecule has 1 amide bonds. The van der Waals surface area contributed by atoms with E-state index in [0.29, 0.717) is 0 Å². The predicted octanol–water partition coefficient (Wildman–Crippen LogP) is 5.14. The van der Waals surface area contributed by atoms with Gasteiger partial charge in [0.05, 0.1) is 17.5 Å². The lowest BCUT2D eigenvalue weighted by molar-refractivity contribution is -0.122. The Balaban J connectivity index is 1.57. The Bertz CT molecular complexity index is 1230. The van der Waals surface area contributed by atoms with E-state index in [4.69, 9.17) is 0 Å². The van der Waals surface area contributed by atoms with Gasteiger partial charge in [-0.25, -0.2) is 8.42 Å². The van der Waals surface area contributed by atoms with E-state index in [1.54, 1.807) is 24.3 Å². The number of fused-ring (bicyclic) bond motifs is 1. The molecule has 3 aromatic carbocycles. The summed E-state index contributed by atoms with van der Waals surface area (Å²) in [5, 5.41) is 3.08. The molecule has 0 saturated carbocycles. The molecule has 1 N–H and O–H groups in total. The SMILES string of the molecule is Cc1ccc(CN(CC(=O)N[C@H]2CCCc3ccccc32)S(=O)(=O)c2ccc(Br)cc2)cc1. The van der Waals surface area contributed by atoms with E-state index >= 15 is 0 Å². The number of benzene rings is 3. The normalized spacial score (nSPS) is 15.8. The van der Waals surface area contributed by atoms with Crippen LogP contribution in [0.1, 0.15) is 41.1 Å².